The molecule has 0 saturated carbocycles. The fourth-order valence-electron chi connectivity index (χ4n) is 2.32. The minimum Gasteiger partial charge on any atom is -0.496 e. The van der Waals surface area contributed by atoms with Crippen molar-refractivity contribution >= 4 is 17.3 Å². The third-order valence-corrected chi connectivity index (χ3v) is 3.64. The zero-order valence-corrected chi connectivity index (χ0v) is 14.9. The first-order chi connectivity index (χ1) is 12.0. The predicted octanol–water partition coefficient (Wildman–Crippen LogP) is 2.96. The molecule has 0 aliphatic rings. The van der Waals surface area contributed by atoms with Crippen LogP contribution in [-0.2, 0) is 4.79 Å². The molecule has 0 heterocycles. The van der Waals surface area contributed by atoms with Crippen LogP contribution < -0.4 is 20.2 Å². The normalized spacial score (nSPS) is 11.0. The van der Waals surface area contributed by atoms with Gasteiger partial charge >= 0.3 is 0 Å². The molecule has 0 radical (unpaired) electrons. The van der Waals surface area contributed by atoms with E-state index in [4.69, 9.17) is 9.47 Å². The SMILES string of the molecule is COc1ccccc1NCC(=O)N/N=C(/C)c1cc(C)ccc1OC. The highest BCUT2D eigenvalue weighted by molar-refractivity contribution is 6.01. The smallest absolute Gasteiger partial charge is 0.259 e. The summed E-state index contributed by atoms with van der Waals surface area (Å²) in [6.07, 6.45) is 0. The van der Waals surface area contributed by atoms with Gasteiger partial charge < -0.3 is 14.8 Å². The maximum absolute atomic E-state index is 12.0. The van der Waals surface area contributed by atoms with E-state index in [1.165, 1.54) is 0 Å². The van der Waals surface area contributed by atoms with Crippen LogP contribution in [0.15, 0.2) is 47.6 Å². The van der Waals surface area contributed by atoms with Gasteiger partial charge in [0.25, 0.3) is 5.91 Å². The van der Waals surface area contributed by atoms with Crippen molar-refractivity contribution in [2.45, 2.75) is 13.8 Å². The molecule has 0 aliphatic heterocycles. The van der Waals surface area contributed by atoms with E-state index >= 15 is 0 Å². The van der Waals surface area contributed by atoms with Crippen LogP contribution in [0.2, 0.25) is 0 Å². The van der Waals surface area contributed by atoms with Gasteiger partial charge in [-0.15, -0.1) is 0 Å². The predicted molar refractivity (Wildman–Crippen MR) is 99.6 cm³/mol. The third kappa shape index (κ3) is 4.97. The number of anilines is 1. The number of methoxy groups -OCH3 is 2. The molecule has 0 aromatic heterocycles. The van der Waals surface area contributed by atoms with E-state index in [1.807, 2.05) is 56.3 Å². The average Bonchev–Trinajstić information content (AvgIpc) is 2.64. The first-order valence-electron chi connectivity index (χ1n) is 7.90. The fourth-order valence-corrected chi connectivity index (χ4v) is 2.32. The van der Waals surface area contributed by atoms with E-state index in [0.717, 1.165) is 16.8 Å². The lowest BCUT2D eigenvalue weighted by Crippen LogP contribution is -2.27. The van der Waals surface area contributed by atoms with Crippen LogP contribution in [0.1, 0.15) is 18.1 Å². The highest BCUT2D eigenvalue weighted by Crippen LogP contribution is 2.22. The van der Waals surface area contributed by atoms with Gasteiger partial charge in [0.2, 0.25) is 0 Å². The number of rotatable bonds is 7. The number of hydrogen-bond donors (Lipinski definition) is 2. The summed E-state index contributed by atoms with van der Waals surface area (Å²) in [6, 6.07) is 13.2. The number of para-hydroxylation sites is 2. The first kappa shape index (κ1) is 18.3. The number of carbonyl (C=O) groups is 1. The molecule has 1 amide bonds. The number of nitrogens with zero attached hydrogens (tertiary/aromatic N) is 1. The van der Waals surface area contributed by atoms with Gasteiger partial charge in [0.05, 0.1) is 32.2 Å². The Morgan fingerprint density at radius 3 is 2.52 bits per heavy atom. The third-order valence-electron chi connectivity index (χ3n) is 3.64. The molecule has 0 unspecified atom stereocenters. The van der Waals surface area contributed by atoms with Crippen molar-refractivity contribution in [2.75, 3.05) is 26.1 Å². The molecule has 2 aromatic carbocycles. The molecule has 0 spiro atoms. The average molecular weight is 341 g/mol. The molecule has 0 bridgehead atoms. The van der Waals surface area contributed by atoms with Crippen molar-refractivity contribution in [3.05, 3.63) is 53.6 Å². The monoisotopic (exact) mass is 341 g/mol. The highest BCUT2D eigenvalue weighted by Gasteiger charge is 2.08. The van der Waals surface area contributed by atoms with Crippen molar-refractivity contribution in [2.24, 2.45) is 5.10 Å². The Bertz CT molecular complexity index is 772. The lowest BCUT2D eigenvalue weighted by molar-refractivity contribution is -0.119. The number of hydrazone groups is 1. The fraction of sp³-hybridized carbons (Fsp3) is 0.263. The molecular weight excluding hydrogens is 318 g/mol. The Hall–Kier alpha value is -3.02. The van der Waals surface area contributed by atoms with Crippen molar-refractivity contribution in [3.63, 3.8) is 0 Å². The van der Waals surface area contributed by atoms with Gasteiger partial charge in [-0.3, -0.25) is 4.79 Å². The number of ether oxygens (including phenoxy) is 2. The van der Waals surface area contributed by atoms with Crippen molar-refractivity contribution in [3.8, 4) is 11.5 Å². The van der Waals surface area contributed by atoms with Crippen LogP contribution >= 0.6 is 0 Å². The number of nitrogens with one attached hydrogen (secondary N) is 2. The van der Waals surface area contributed by atoms with Crippen molar-refractivity contribution in [1.29, 1.82) is 0 Å². The van der Waals surface area contributed by atoms with Crippen LogP contribution in [0.3, 0.4) is 0 Å². The Kier molecular flexibility index (Phi) is 6.39. The quantitative estimate of drug-likeness (QED) is 0.600. The van der Waals surface area contributed by atoms with Gasteiger partial charge in [0, 0.05) is 5.56 Å². The van der Waals surface area contributed by atoms with E-state index in [9.17, 15) is 4.79 Å². The molecule has 2 rings (SSSR count). The van der Waals surface area contributed by atoms with Gasteiger partial charge in [-0.2, -0.15) is 5.10 Å². The Morgan fingerprint density at radius 2 is 1.80 bits per heavy atom. The second-order valence-electron chi connectivity index (χ2n) is 5.49. The maximum atomic E-state index is 12.0. The molecule has 25 heavy (non-hydrogen) atoms. The van der Waals surface area contributed by atoms with Gasteiger partial charge in [-0.05, 0) is 38.1 Å². The largest absolute Gasteiger partial charge is 0.496 e. The Balaban J connectivity index is 1.99. The molecule has 0 aliphatic carbocycles. The standard InChI is InChI=1S/C19H23N3O3/c1-13-9-10-17(24-3)15(11-13)14(2)21-22-19(23)12-20-16-7-5-6-8-18(16)25-4/h5-11,20H,12H2,1-4H3,(H,22,23)/b21-14-. The molecule has 0 atom stereocenters. The van der Waals surface area contributed by atoms with Gasteiger partial charge in [-0.1, -0.05) is 23.8 Å². The number of benzene rings is 2. The van der Waals surface area contributed by atoms with E-state index in [1.54, 1.807) is 14.2 Å². The molecular formula is C19H23N3O3. The minimum atomic E-state index is -0.253. The van der Waals surface area contributed by atoms with Gasteiger partial charge in [0.15, 0.2) is 0 Å². The zero-order valence-electron chi connectivity index (χ0n) is 14.9. The number of amides is 1. The lowest BCUT2D eigenvalue weighted by atomic mass is 10.1. The van der Waals surface area contributed by atoms with Gasteiger partial charge in [-0.25, -0.2) is 5.43 Å². The van der Waals surface area contributed by atoms with Gasteiger partial charge in [0.1, 0.15) is 11.5 Å². The molecule has 6 heteroatoms. The molecule has 6 nitrogen and oxygen atoms in total. The van der Waals surface area contributed by atoms with Crippen LogP contribution in [0.25, 0.3) is 0 Å². The summed E-state index contributed by atoms with van der Waals surface area (Å²) >= 11 is 0. The number of hydrogen-bond acceptors (Lipinski definition) is 5. The topological polar surface area (TPSA) is 72.0 Å². The summed E-state index contributed by atoms with van der Waals surface area (Å²) < 4.78 is 10.6. The van der Waals surface area contributed by atoms with Crippen molar-refractivity contribution < 1.29 is 14.3 Å². The highest BCUT2D eigenvalue weighted by atomic mass is 16.5. The van der Waals surface area contributed by atoms with Crippen LogP contribution in [0.4, 0.5) is 5.69 Å². The zero-order chi connectivity index (χ0) is 18.2. The molecule has 0 saturated heterocycles. The summed E-state index contributed by atoms with van der Waals surface area (Å²) in [7, 11) is 3.20. The van der Waals surface area contributed by atoms with E-state index in [2.05, 4.69) is 15.8 Å². The summed E-state index contributed by atoms with van der Waals surface area (Å²) in [6.45, 7) is 3.90. The summed E-state index contributed by atoms with van der Waals surface area (Å²) in [5.41, 5.74) is 5.91. The lowest BCUT2D eigenvalue weighted by Gasteiger charge is -2.11. The minimum absolute atomic E-state index is 0.0854. The molecule has 2 aromatic rings. The van der Waals surface area contributed by atoms with E-state index in [-0.39, 0.29) is 12.5 Å². The maximum Gasteiger partial charge on any atom is 0.259 e. The molecule has 132 valence electrons. The summed E-state index contributed by atoms with van der Waals surface area (Å²) in [4.78, 5) is 12.0. The summed E-state index contributed by atoms with van der Waals surface area (Å²) in [5.74, 6) is 1.14. The molecule has 0 fully saturated rings. The van der Waals surface area contributed by atoms with Crippen molar-refractivity contribution in [1.82, 2.24) is 5.43 Å². The van der Waals surface area contributed by atoms with Crippen LogP contribution in [0.5, 0.6) is 11.5 Å². The van der Waals surface area contributed by atoms with E-state index < -0.39 is 0 Å². The van der Waals surface area contributed by atoms with Crippen LogP contribution in [0, 0.1) is 6.92 Å². The first-order valence-corrected chi connectivity index (χ1v) is 7.90. The van der Waals surface area contributed by atoms with Crippen LogP contribution in [-0.4, -0.2) is 32.4 Å². The second-order valence-corrected chi connectivity index (χ2v) is 5.49. The second kappa shape index (κ2) is 8.73. The van der Waals surface area contributed by atoms with E-state index in [0.29, 0.717) is 17.2 Å². The number of carbonyl (C=O) groups excluding carboxylic acids is 1. The summed E-state index contributed by atoms with van der Waals surface area (Å²) in [5, 5.41) is 7.19. The Labute approximate surface area is 147 Å². The number of aryl methyl sites for hydroxylation is 1. The molecule has 2 N–H and O–H groups in total. The Morgan fingerprint density at radius 1 is 1.08 bits per heavy atom.